The van der Waals surface area contributed by atoms with E-state index >= 15 is 0 Å². The maximum atomic E-state index is 12.6. The third kappa shape index (κ3) is 3.62. The molecule has 1 rings (SSSR count). The van der Waals surface area contributed by atoms with Gasteiger partial charge in [0, 0.05) is 6.20 Å². The van der Waals surface area contributed by atoms with Crippen molar-refractivity contribution in [3.8, 4) is 0 Å². The van der Waals surface area contributed by atoms with E-state index in [9.17, 15) is 18.0 Å². The molecule has 0 aliphatic heterocycles. The number of aromatic nitrogens is 2. The normalized spacial score (nSPS) is 13.0. The zero-order chi connectivity index (χ0) is 16.5. The lowest BCUT2D eigenvalue weighted by Gasteiger charge is -2.39. The highest BCUT2D eigenvalue weighted by atomic mass is 19.4. The zero-order valence-electron chi connectivity index (χ0n) is 12.5. The summed E-state index contributed by atoms with van der Waals surface area (Å²) in [5.41, 5.74) is -2.98. The fourth-order valence-electron chi connectivity index (χ4n) is 1.52. The van der Waals surface area contributed by atoms with E-state index in [0.29, 0.717) is 0 Å². The Morgan fingerprint density at radius 2 is 1.81 bits per heavy atom. The number of nitrogens with one attached hydrogen (secondary N) is 1. The van der Waals surface area contributed by atoms with Gasteiger partial charge in [0.15, 0.2) is 0 Å². The first-order chi connectivity index (χ1) is 9.41. The van der Waals surface area contributed by atoms with Crippen LogP contribution in [0.15, 0.2) is 12.3 Å². The molecular weight excluding hydrogens is 287 g/mol. The number of methoxy groups -OCH3 is 1. The van der Waals surface area contributed by atoms with Gasteiger partial charge in [-0.2, -0.15) is 13.2 Å². The molecule has 1 N–H and O–H groups in total. The average Bonchev–Trinajstić information content (AvgIpc) is 2.36. The number of esters is 1. The second-order valence-electron chi connectivity index (χ2n) is 5.63. The summed E-state index contributed by atoms with van der Waals surface area (Å²) >= 11 is 0. The highest BCUT2D eigenvalue weighted by molar-refractivity contribution is 5.78. The van der Waals surface area contributed by atoms with Crippen LogP contribution in [0.2, 0.25) is 0 Å². The molecule has 0 unspecified atom stereocenters. The molecule has 0 aliphatic carbocycles. The second-order valence-corrected chi connectivity index (χ2v) is 5.63. The summed E-state index contributed by atoms with van der Waals surface area (Å²) in [6, 6.07) is 0.781. The number of carbonyl (C=O) groups excluding carboxylic acids is 1. The van der Waals surface area contributed by atoms with E-state index < -0.39 is 28.8 Å². The van der Waals surface area contributed by atoms with Crippen molar-refractivity contribution in [3.63, 3.8) is 0 Å². The lowest BCUT2D eigenvalue weighted by atomic mass is 9.74. The topological polar surface area (TPSA) is 64.1 Å². The Bertz CT molecular complexity index is 528. The number of nitrogens with zero attached hydrogens (tertiary/aromatic N) is 2. The van der Waals surface area contributed by atoms with E-state index in [1.165, 1.54) is 7.11 Å². The number of halogens is 3. The predicted molar refractivity (Wildman–Crippen MR) is 70.5 cm³/mol. The van der Waals surface area contributed by atoms with E-state index in [1.54, 1.807) is 27.7 Å². The van der Waals surface area contributed by atoms with Crippen LogP contribution in [0.4, 0.5) is 19.1 Å². The van der Waals surface area contributed by atoms with Gasteiger partial charge >= 0.3 is 12.1 Å². The SMILES string of the molecule is COC(=O)C(C)(C)C(C)(C)Nc1nccc(C(F)(F)F)n1. The van der Waals surface area contributed by atoms with E-state index in [2.05, 4.69) is 15.3 Å². The predicted octanol–water partition coefficient (Wildman–Crippen LogP) is 2.89. The van der Waals surface area contributed by atoms with Crippen LogP contribution in [-0.4, -0.2) is 28.6 Å². The molecule has 8 heteroatoms. The molecule has 0 aromatic carbocycles. The fraction of sp³-hybridized carbons (Fsp3) is 0.615. The van der Waals surface area contributed by atoms with Crippen LogP contribution in [-0.2, 0) is 15.7 Å². The van der Waals surface area contributed by atoms with Crippen LogP contribution in [0.25, 0.3) is 0 Å². The maximum absolute atomic E-state index is 12.6. The van der Waals surface area contributed by atoms with Gasteiger partial charge in [0.1, 0.15) is 5.69 Å². The first-order valence-electron chi connectivity index (χ1n) is 6.18. The Morgan fingerprint density at radius 3 is 2.29 bits per heavy atom. The molecule has 0 saturated heterocycles. The summed E-state index contributed by atoms with van der Waals surface area (Å²) in [6.45, 7) is 6.57. The molecule has 21 heavy (non-hydrogen) atoms. The summed E-state index contributed by atoms with van der Waals surface area (Å²) in [6.07, 6.45) is -3.54. The fourth-order valence-corrected chi connectivity index (χ4v) is 1.52. The summed E-state index contributed by atoms with van der Waals surface area (Å²) < 4.78 is 42.6. The molecule has 0 bridgehead atoms. The smallest absolute Gasteiger partial charge is 0.433 e. The third-order valence-corrected chi connectivity index (χ3v) is 3.63. The van der Waals surface area contributed by atoms with Crippen molar-refractivity contribution >= 4 is 11.9 Å². The summed E-state index contributed by atoms with van der Waals surface area (Å²) in [7, 11) is 1.25. The van der Waals surface area contributed by atoms with Crippen molar-refractivity contribution in [2.45, 2.75) is 39.4 Å². The van der Waals surface area contributed by atoms with Gasteiger partial charge in [-0.15, -0.1) is 0 Å². The quantitative estimate of drug-likeness (QED) is 0.867. The highest BCUT2D eigenvalue weighted by Gasteiger charge is 2.45. The molecule has 0 aliphatic rings. The van der Waals surface area contributed by atoms with Gasteiger partial charge in [-0.05, 0) is 33.8 Å². The van der Waals surface area contributed by atoms with Crippen LogP contribution >= 0.6 is 0 Å². The number of alkyl halides is 3. The van der Waals surface area contributed by atoms with E-state index in [4.69, 9.17) is 4.74 Å². The van der Waals surface area contributed by atoms with Gasteiger partial charge in [0.05, 0.1) is 18.1 Å². The number of hydrogen-bond donors (Lipinski definition) is 1. The van der Waals surface area contributed by atoms with Gasteiger partial charge in [0.2, 0.25) is 5.95 Å². The molecule has 0 amide bonds. The number of rotatable bonds is 4. The van der Waals surface area contributed by atoms with Crippen LogP contribution in [0.3, 0.4) is 0 Å². The van der Waals surface area contributed by atoms with Crippen LogP contribution in [0, 0.1) is 5.41 Å². The van der Waals surface area contributed by atoms with Gasteiger partial charge < -0.3 is 10.1 Å². The number of anilines is 1. The first kappa shape index (κ1) is 17.2. The first-order valence-corrected chi connectivity index (χ1v) is 6.18. The van der Waals surface area contributed by atoms with E-state index in [0.717, 1.165) is 12.3 Å². The van der Waals surface area contributed by atoms with E-state index in [1.807, 2.05) is 0 Å². The Hall–Kier alpha value is -1.86. The Kier molecular flexibility index (Phi) is 4.50. The van der Waals surface area contributed by atoms with Crippen molar-refractivity contribution < 1.29 is 22.7 Å². The Balaban J connectivity index is 3.07. The van der Waals surface area contributed by atoms with Gasteiger partial charge in [0.25, 0.3) is 0 Å². The minimum absolute atomic E-state index is 0.202. The number of carbonyl (C=O) groups is 1. The average molecular weight is 305 g/mol. The molecule has 0 spiro atoms. The summed E-state index contributed by atoms with van der Waals surface area (Å²) in [5, 5.41) is 2.76. The molecule has 1 aromatic heterocycles. The molecule has 1 aromatic rings. The lowest BCUT2D eigenvalue weighted by Crippen LogP contribution is -2.51. The second kappa shape index (κ2) is 5.50. The highest BCUT2D eigenvalue weighted by Crippen LogP contribution is 2.34. The Morgan fingerprint density at radius 1 is 1.24 bits per heavy atom. The molecular formula is C13H18F3N3O2. The molecule has 0 fully saturated rings. The maximum Gasteiger partial charge on any atom is 0.433 e. The molecule has 5 nitrogen and oxygen atoms in total. The molecule has 0 atom stereocenters. The van der Waals surface area contributed by atoms with Crippen molar-refractivity contribution in [1.29, 1.82) is 0 Å². The molecule has 0 saturated carbocycles. The van der Waals surface area contributed by atoms with Crippen molar-refractivity contribution in [3.05, 3.63) is 18.0 Å². The number of ether oxygens (including phenoxy) is 1. The standard InChI is InChI=1S/C13H18F3N3O2/c1-11(2,9(20)21-5)12(3,4)19-10-17-7-6-8(18-10)13(14,15)16/h6-7H,1-5H3,(H,17,18,19). The number of hydrogen-bond acceptors (Lipinski definition) is 5. The van der Waals surface area contributed by atoms with Crippen LogP contribution < -0.4 is 5.32 Å². The largest absolute Gasteiger partial charge is 0.469 e. The summed E-state index contributed by atoms with van der Waals surface area (Å²) in [5.74, 6) is -0.696. The molecule has 1 heterocycles. The van der Waals surface area contributed by atoms with Gasteiger partial charge in [-0.1, -0.05) is 0 Å². The minimum Gasteiger partial charge on any atom is -0.469 e. The van der Waals surface area contributed by atoms with E-state index in [-0.39, 0.29) is 5.95 Å². The molecule has 0 radical (unpaired) electrons. The molecule has 118 valence electrons. The van der Waals surface area contributed by atoms with Crippen molar-refractivity contribution in [2.75, 3.05) is 12.4 Å². The van der Waals surface area contributed by atoms with Crippen LogP contribution in [0.5, 0.6) is 0 Å². The minimum atomic E-state index is -4.55. The van der Waals surface area contributed by atoms with Crippen LogP contribution in [0.1, 0.15) is 33.4 Å². The lowest BCUT2D eigenvalue weighted by molar-refractivity contribution is -0.153. The monoisotopic (exact) mass is 305 g/mol. The zero-order valence-corrected chi connectivity index (χ0v) is 12.5. The third-order valence-electron chi connectivity index (χ3n) is 3.63. The van der Waals surface area contributed by atoms with Crippen molar-refractivity contribution in [2.24, 2.45) is 5.41 Å². The van der Waals surface area contributed by atoms with Crippen molar-refractivity contribution in [1.82, 2.24) is 9.97 Å². The van der Waals surface area contributed by atoms with Gasteiger partial charge in [-0.25, -0.2) is 9.97 Å². The Labute approximate surface area is 120 Å². The summed E-state index contributed by atoms with van der Waals surface area (Å²) in [4.78, 5) is 19.0. The van der Waals surface area contributed by atoms with Gasteiger partial charge in [-0.3, -0.25) is 4.79 Å².